The van der Waals surface area contributed by atoms with E-state index in [0.717, 1.165) is 22.5 Å². The first kappa shape index (κ1) is 10.2. The van der Waals surface area contributed by atoms with Crippen LogP contribution in [0.25, 0.3) is 11.3 Å². The van der Waals surface area contributed by atoms with E-state index in [-0.39, 0.29) is 11.8 Å². The normalized spacial score (nSPS) is 17.6. The van der Waals surface area contributed by atoms with E-state index in [9.17, 15) is 4.79 Å². The Bertz CT molecular complexity index is 608. The lowest BCUT2D eigenvalue weighted by Crippen LogP contribution is -2.16. The molecule has 3 N–H and O–H groups in total. The van der Waals surface area contributed by atoms with E-state index >= 15 is 0 Å². The van der Waals surface area contributed by atoms with E-state index in [1.807, 2.05) is 6.92 Å². The molecule has 5 heteroatoms. The predicted octanol–water partition coefficient (Wildman–Crippen LogP) is 2.10. The van der Waals surface area contributed by atoms with Gasteiger partial charge in [-0.25, -0.2) is 4.79 Å². The zero-order valence-electron chi connectivity index (χ0n) is 9.19. The lowest BCUT2D eigenvalue weighted by molar-refractivity contribution is 0.0663. The number of furan rings is 2. The van der Waals surface area contributed by atoms with Crippen molar-refractivity contribution in [2.75, 3.05) is 0 Å². The number of aromatic carboxylic acids is 1. The van der Waals surface area contributed by atoms with Crippen LogP contribution in [-0.2, 0) is 6.42 Å². The summed E-state index contributed by atoms with van der Waals surface area (Å²) in [6.45, 7) is 1.89. The molecule has 2 aromatic rings. The smallest absolute Gasteiger partial charge is 0.371 e. The number of fused-ring (bicyclic) bond motifs is 3. The minimum atomic E-state index is -1.09. The Balaban J connectivity index is 2.26. The number of nitrogens with two attached hydrogens (primary N) is 1. The molecule has 0 amide bonds. The van der Waals surface area contributed by atoms with E-state index < -0.39 is 5.97 Å². The molecular formula is C12H11NO4. The fourth-order valence-electron chi connectivity index (χ4n) is 2.24. The Morgan fingerprint density at radius 1 is 1.59 bits per heavy atom. The van der Waals surface area contributed by atoms with Crippen molar-refractivity contribution >= 4 is 5.97 Å². The van der Waals surface area contributed by atoms with Crippen LogP contribution >= 0.6 is 0 Å². The molecule has 0 radical (unpaired) electrons. The number of aryl methyl sites for hydroxylation is 1. The maximum absolute atomic E-state index is 10.9. The molecule has 1 aliphatic carbocycles. The van der Waals surface area contributed by atoms with Crippen molar-refractivity contribution in [3.63, 3.8) is 0 Å². The van der Waals surface area contributed by atoms with Gasteiger partial charge in [0.1, 0.15) is 11.5 Å². The van der Waals surface area contributed by atoms with E-state index in [2.05, 4.69) is 0 Å². The van der Waals surface area contributed by atoms with E-state index in [1.54, 1.807) is 6.26 Å². The van der Waals surface area contributed by atoms with Gasteiger partial charge >= 0.3 is 5.97 Å². The maximum atomic E-state index is 10.9. The highest BCUT2D eigenvalue weighted by atomic mass is 16.4. The summed E-state index contributed by atoms with van der Waals surface area (Å²) < 4.78 is 10.8. The van der Waals surface area contributed by atoms with Crippen LogP contribution in [0.15, 0.2) is 21.2 Å². The molecule has 0 saturated carbocycles. The van der Waals surface area contributed by atoms with Crippen molar-refractivity contribution in [3.8, 4) is 11.3 Å². The van der Waals surface area contributed by atoms with Crippen molar-refractivity contribution in [1.82, 2.24) is 0 Å². The molecule has 2 aromatic heterocycles. The fraction of sp³-hybridized carbons (Fsp3) is 0.250. The molecule has 0 spiro atoms. The third-order valence-corrected chi connectivity index (χ3v) is 3.05. The van der Waals surface area contributed by atoms with Gasteiger partial charge in [-0.1, -0.05) is 0 Å². The summed E-state index contributed by atoms with van der Waals surface area (Å²) >= 11 is 0. The molecule has 3 rings (SSSR count). The number of rotatable bonds is 1. The van der Waals surface area contributed by atoms with Crippen LogP contribution in [0.1, 0.15) is 33.5 Å². The van der Waals surface area contributed by atoms with Crippen molar-refractivity contribution in [3.05, 3.63) is 35.0 Å². The van der Waals surface area contributed by atoms with Crippen LogP contribution in [0.2, 0.25) is 0 Å². The molecule has 0 bridgehead atoms. The van der Waals surface area contributed by atoms with Crippen molar-refractivity contribution in [2.45, 2.75) is 19.4 Å². The van der Waals surface area contributed by atoms with Crippen molar-refractivity contribution in [2.24, 2.45) is 5.73 Å². The lowest BCUT2D eigenvalue weighted by Gasteiger charge is -2.16. The second-order valence-corrected chi connectivity index (χ2v) is 4.23. The first-order valence-corrected chi connectivity index (χ1v) is 5.28. The third-order valence-electron chi connectivity index (χ3n) is 3.05. The maximum Gasteiger partial charge on any atom is 0.371 e. The van der Waals surface area contributed by atoms with Crippen LogP contribution in [0.5, 0.6) is 0 Å². The van der Waals surface area contributed by atoms with Gasteiger partial charge in [0.05, 0.1) is 11.8 Å². The molecule has 1 unspecified atom stereocenters. The summed E-state index contributed by atoms with van der Waals surface area (Å²) in [4.78, 5) is 10.9. The number of carbonyl (C=O) groups is 1. The van der Waals surface area contributed by atoms with Crippen molar-refractivity contribution in [1.29, 1.82) is 0 Å². The summed E-state index contributed by atoms with van der Waals surface area (Å²) in [5.41, 5.74) is 8.48. The van der Waals surface area contributed by atoms with Crippen molar-refractivity contribution < 1.29 is 18.7 Å². The van der Waals surface area contributed by atoms with Crippen LogP contribution in [0, 0.1) is 6.92 Å². The second kappa shape index (κ2) is 3.24. The molecule has 0 saturated heterocycles. The van der Waals surface area contributed by atoms with Crippen LogP contribution in [0.4, 0.5) is 0 Å². The third kappa shape index (κ3) is 1.32. The molecular weight excluding hydrogens is 222 g/mol. The highest BCUT2D eigenvalue weighted by molar-refractivity contribution is 5.86. The van der Waals surface area contributed by atoms with Gasteiger partial charge in [0.2, 0.25) is 5.76 Å². The topological polar surface area (TPSA) is 89.6 Å². The highest BCUT2D eigenvalue weighted by Gasteiger charge is 2.31. The SMILES string of the molecule is Cc1coc2c1-c1oc(C(=O)O)cc1C(N)C2. The summed E-state index contributed by atoms with van der Waals surface area (Å²) in [5.74, 6) is 0.115. The number of hydrogen-bond acceptors (Lipinski definition) is 4. The van der Waals surface area contributed by atoms with E-state index in [4.69, 9.17) is 19.7 Å². The second-order valence-electron chi connectivity index (χ2n) is 4.23. The molecule has 2 heterocycles. The Kier molecular flexibility index (Phi) is 1.94. The largest absolute Gasteiger partial charge is 0.475 e. The number of carboxylic acid groups (broad SMARTS) is 1. The van der Waals surface area contributed by atoms with Crippen LogP contribution in [-0.4, -0.2) is 11.1 Å². The van der Waals surface area contributed by atoms with Gasteiger partial charge < -0.3 is 19.7 Å². The van der Waals surface area contributed by atoms with Gasteiger partial charge in [0.15, 0.2) is 0 Å². The van der Waals surface area contributed by atoms with E-state index in [1.165, 1.54) is 6.07 Å². The first-order chi connectivity index (χ1) is 8.08. The minimum absolute atomic E-state index is 0.0844. The number of hydrogen-bond donors (Lipinski definition) is 2. The molecule has 1 atom stereocenters. The molecule has 0 aromatic carbocycles. The molecule has 88 valence electrons. The first-order valence-electron chi connectivity index (χ1n) is 5.28. The van der Waals surface area contributed by atoms with Gasteiger partial charge in [-0.2, -0.15) is 0 Å². The standard InChI is InChI=1S/C12H11NO4/c1-5-4-16-8-3-7(13)6-2-9(12(14)15)17-11(6)10(5)8/h2,4,7H,3,13H2,1H3,(H,14,15). The molecule has 0 fully saturated rings. The van der Waals surface area contributed by atoms with E-state index in [0.29, 0.717) is 12.2 Å². The Hall–Kier alpha value is -2.01. The lowest BCUT2D eigenvalue weighted by atomic mass is 9.91. The molecule has 0 aliphatic heterocycles. The summed E-state index contributed by atoms with van der Waals surface area (Å²) in [6, 6.07) is 1.22. The summed E-state index contributed by atoms with van der Waals surface area (Å²) in [6.07, 6.45) is 2.20. The Labute approximate surface area is 96.8 Å². The molecule has 5 nitrogen and oxygen atoms in total. The van der Waals surface area contributed by atoms with Gasteiger partial charge in [0, 0.05) is 18.0 Å². The average molecular weight is 233 g/mol. The van der Waals surface area contributed by atoms with Crippen LogP contribution in [0.3, 0.4) is 0 Å². The molecule has 17 heavy (non-hydrogen) atoms. The highest BCUT2D eigenvalue weighted by Crippen LogP contribution is 2.42. The van der Waals surface area contributed by atoms with Gasteiger partial charge in [-0.15, -0.1) is 0 Å². The average Bonchev–Trinajstić information content (AvgIpc) is 2.83. The quantitative estimate of drug-likeness (QED) is 0.787. The zero-order valence-corrected chi connectivity index (χ0v) is 9.19. The fourth-order valence-corrected chi connectivity index (χ4v) is 2.24. The minimum Gasteiger partial charge on any atom is -0.475 e. The Morgan fingerprint density at radius 2 is 2.35 bits per heavy atom. The molecule has 1 aliphatic rings. The monoisotopic (exact) mass is 233 g/mol. The van der Waals surface area contributed by atoms with Gasteiger partial charge in [-0.3, -0.25) is 0 Å². The summed E-state index contributed by atoms with van der Waals surface area (Å²) in [5, 5.41) is 8.93. The van der Waals surface area contributed by atoms with Gasteiger partial charge in [0.25, 0.3) is 0 Å². The predicted molar refractivity (Wildman–Crippen MR) is 58.7 cm³/mol. The zero-order chi connectivity index (χ0) is 12.2. The summed E-state index contributed by atoms with van der Waals surface area (Å²) in [7, 11) is 0. The van der Waals surface area contributed by atoms with Gasteiger partial charge in [-0.05, 0) is 18.6 Å². The Morgan fingerprint density at radius 3 is 3.06 bits per heavy atom. The van der Waals surface area contributed by atoms with Crippen LogP contribution < -0.4 is 5.73 Å². The number of carboxylic acids is 1.